The fourth-order valence-corrected chi connectivity index (χ4v) is 3.20. The highest BCUT2D eigenvalue weighted by Gasteiger charge is 2.46. The van der Waals surface area contributed by atoms with E-state index in [1.807, 2.05) is 13.8 Å². The summed E-state index contributed by atoms with van der Waals surface area (Å²) in [5.74, 6) is -1.78. The summed E-state index contributed by atoms with van der Waals surface area (Å²) in [6, 6.07) is 0. The number of fused-ring (bicyclic) bond motifs is 2. The first-order valence-corrected chi connectivity index (χ1v) is 6.98. The molecule has 3 unspecified atom stereocenters. The van der Waals surface area contributed by atoms with Gasteiger partial charge < -0.3 is 5.11 Å². The van der Waals surface area contributed by atoms with Crippen LogP contribution < -0.4 is 0 Å². The highest BCUT2D eigenvalue weighted by Crippen LogP contribution is 2.38. The van der Waals surface area contributed by atoms with Gasteiger partial charge in [-0.15, -0.1) is 0 Å². The molecule has 1 N–H and O–H groups in total. The number of amides is 2. The monoisotopic (exact) mass is 267 g/mol. The van der Waals surface area contributed by atoms with E-state index in [4.69, 9.17) is 0 Å². The number of carboxylic acids is 1. The van der Waals surface area contributed by atoms with Gasteiger partial charge in [-0.25, -0.2) is 0 Å². The standard InChI is InChI=1S/C14H21NO4/c1-8(2)5-11(14(18)19)7-15-12(16)9-3-4-10(6-9)13(15)17/h8-11H,3-7H2,1-2H3,(H,18,19). The number of carbonyl (C=O) groups excluding carboxylic acids is 2. The minimum atomic E-state index is -0.924. The normalized spacial score (nSPS) is 28.1. The summed E-state index contributed by atoms with van der Waals surface area (Å²) in [4.78, 5) is 36.8. The van der Waals surface area contributed by atoms with E-state index in [1.54, 1.807) is 0 Å². The van der Waals surface area contributed by atoms with E-state index in [9.17, 15) is 19.5 Å². The second-order valence-corrected chi connectivity index (χ2v) is 6.16. The van der Waals surface area contributed by atoms with Crippen molar-refractivity contribution in [3.05, 3.63) is 0 Å². The van der Waals surface area contributed by atoms with Crippen molar-refractivity contribution < 1.29 is 19.5 Å². The number of imide groups is 1. The quantitative estimate of drug-likeness (QED) is 0.766. The molecule has 5 heteroatoms. The van der Waals surface area contributed by atoms with Crippen molar-refractivity contribution in [3.8, 4) is 0 Å². The number of likely N-dealkylation sites (tertiary alicyclic amines) is 1. The van der Waals surface area contributed by atoms with Gasteiger partial charge in [0.2, 0.25) is 11.8 Å². The molecule has 3 atom stereocenters. The minimum absolute atomic E-state index is 0.0399. The summed E-state index contributed by atoms with van der Waals surface area (Å²) >= 11 is 0. The first-order chi connectivity index (χ1) is 8.90. The molecular weight excluding hydrogens is 246 g/mol. The smallest absolute Gasteiger partial charge is 0.308 e. The molecule has 5 nitrogen and oxygen atoms in total. The highest BCUT2D eigenvalue weighted by molar-refractivity contribution is 6.01. The van der Waals surface area contributed by atoms with Gasteiger partial charge in [-0.2, -0.15) is 0 Å². The van der Waals surface area contributed by atoms with E-state index >= 15 is 0 Å². The van der Waals surface area contributed by atoms with Gasteiger partial charge in [0.1, 0.15) is 0 Å². The lowest BCUT2D eigenvalue weighted by molar-refractivity contribution is -0.155. The predicted molar refractivity (Wildman–Crippen MR) is 68.1 cm³/mol. The number of carboxylic acid groups (broad SMARTS) is 1. The molecular formula is C14H21NO4. The molecule has 0 aromatic heterocycles. The molecule has 0 radical (unpaired) electrons. The Balaban J connectivity index is 2.09. The molecule has 1 heterocycles. The van der Waals surface area contributed by atoms with Crippen molar-refractivity contribution in [2.75, 3.05) is 6.54 Å². The van der Waals surface area contributed by atoms with Crippen molar-refractivity contribution in [2.24, 2.45) is 23.7 Å². The fourth-order valence-electron chi connectivity index (χ4n) is 3.20. The van der Waals surface area contributed by atoms with Crippen molar-refractivity contribution in [1.29, 1.82) is 0 Å². The van der Waals surface area contributed by atoms with Crippen molar-refractivity contribution >= 4 is 17.8 Å². The molecule has 1 aliphatic heterocycles. The van der Waals surface area contributed by atoms with Gasteiger partial charge in [-0.1, -0.05) is 13.8 Å². The van der Waals surface area contributed by atoms with Gasteiger partial charge in [-0.3, -0.25) is 19.3 Å². The molecule has 1 aliphatic carbocycles. The van der Waals surface area contributed by atoms with Crippen LogP contribution in [0, 0.1) is 23.7 Å². The zero-order chi connectivity index (χ0) is 14.2. The maximum absolute atomic E-state index is 12.1. The Morgan fingerprint density at radius 1 is 1.26 bits per heavy atom. The van der Waals surface area contributed by atoms with E-state index in [1.165, 1.54) is 4.90 Å². The van der Waals surface area contributed by atoms with Crippen LogP contribution in [0.4, 0.5) is 0 Å². The summed E-state index contributed by atoms with van der Waals surface area (Å²) < 4.78 is 0. The topological polar surface area (TPSA) is 74.7 Å². The zero-order valence-electron chi connectivity index (χ0n) is 11.5. The van der Waals surface area contributed by atoms with E-state index in [-0.39, 0.29) is 36.1 Å². The SMILES string of the molecule is CC(C)CC(CN1C(=O)C2CCC(C2)C1=O)C(=O)O. The Morgan fingerprint density at radius 2 is 1.79 bits per heavy atom. The van der Waals surface area contributed by atoms with E-state index in [0.29, 0.717) is 12.8 Å². The van der Waals surface area contributed by atoms with Crippen LogP contribution in [0.1, 0.15) is 39.5 Å². The van der Waals surface area contributed by atoms with Crippen molar-refractivity contribution in [3.63, 3.8) is 0 Å². The summed E-state index contributed by atoms with van der Waals surface area (Å²) in [7, 11) is 0. The van der Waals surface area contributed by atoms with Crippen LogP contribution in [0.25, 0.3) is 0 Å². The van der Waals surface area contributed by atoms with Crippen LogP contribution in [0.5, 0.6) is 0 Å². The fraction of sp³-hybridized carbons (Fsp3) is 0.786. The Labute approximate surface area is 113 Å². The van der Waals surface area contributed by atoms with Crippen LogP contribution in [-0.2, 0) is 14.4 Å². The number of aliphatic carboxylic acids is 1. The molecule has 2 rings (SSSR count). The molecule has 2 bridgehead atoms. The van der Waals surface area contributed by atoms with Gasteiger partial charge in [-0.05, 0) is 31.6 Å². The Morgan fingerprint density at radius 3 is 2.21 bits per heavy atom. The first-order valence-electron chi connectivity index (χ1n) is 6.98. The Hall–Kier alpha value is -1.39. The average molecular weight is 267 g/mol. The van der Waals surface area contributed by atoms with Gasteiger partial charge in [0.05, 0.1) is 5.92 Å². The summed E-state index contributed by atoms with van der Waals surface area (Å²) in [5.41, 5.74) is 0. The molecule has 19 heavy (non-hydrogen) atoms. The van der Waals surface area contributed by atoms with Crippen molar-refractivity contribution in [1.82, 2.24) is 4.90 Å². The van der Waals surface area contributed by atoms with Crippen LogP contribution >= 0.6 is 0 Å². The van der Waals surface area contributed by atoms with Crippen LogP contribution in [-0.4, -0.2) is 34.3 Å². The van der Waals surface area contributed by atoms with Crippen LogP contribution in [0.2, 0.25) is 0 Å². The predicted octanol–water partition coefficient (Wildman–Crippen LogP) is 1.52. The number of piperidine rings is 1. The number of rotatable bonds is 5. The maximum Gasteiger partial charge on any atom is 0.308 e. The lowest BCUT2D eigenvalue weighted by atomic mass is 9.93. The maximum atomic E-state index is 12.1. The number of nitrogens with zero attached hydrogens (tertiary/aromatic N) is 1. The van der Waals surface area contributed by atoms with Gasteiger partial charge in [0.15, 0.2) is 0 Å². The lowest BCUT2D eigenvalue weighted by Crippen LogP contribution is -2.49. The molecule has 0 aromatic carbocycles. The Kier molecular flexibility index (Phi) is 3.92. The second-order valence-electron chi connectivity index (χ2n) is 6.16. The van der Waals surface area contributed by atoms with Crippen molar-refractivity contribution in [2.45, 2.75) is 39.5 Å². The third-order valence-corrected chi connectivity index (χ3v) is 4.17. The summed E-state index contributed by atoms with van der Waals surface area (Å²) in [6.07, 6.45) is 2.69. The van der Waals surface area contributed by atoms with E-state index in [2.05, 4.69) is 0 Å². The number of hydrogen-bond donors (Lipinski definition) is 1. The molecule has 2 fully saturated rings. The van der Waals surface area contributed by atoms with Gasteiger partial charge in [0, 0.05) is 18.4 Å². The lowest BCUT2D eigenvalue weighted by Gasteiger charge is -2.31. The molecule has 2 aliphatic rings. The third kappa shape index (κ3) is 2.80. The molecule has 1 saturated carbocycles. The first kappa shape index (κ1) is 14.0. The molecule has 0 aromatic rings. The summed E-state index contributed by atoms with van der Waals surface area (Å²) in [5, 5.41) is 9.22. The number of hydrogen-bond acceptors (Lipinski definition) is 3. The molecule has 0 spiro atoms. The molecule has 2 amide bonds. The second kappa shape index (κ2) is 5.31. The minimum Gasteiger partial charge on any atom is -0.481 e. The molecule has 1 saturated heterocycles. The largest absolute Gasteiger partial charge is 0.481 e. The summed E-state index contributed by atoms with van der Waals surface area (Å²) in [6.45, 7) is 3.93. The van der Waals surface area contributed by atoms with Crippen LogP contribution in [0.15, 0.2) is 0 Å². The average Bonchev–Trinajstić information content (AvgIpc) is 2.77. The van der Waals surface area contributed by atoms with Gasteiger partial charge in [0.25, 0.3) is 0 Å². The van der Waals surface area contributed by atoms with E-state index in [0.717, 1.165) is 12.8 Å². The zero-order valence-corrected chi connectivity index (χ0v) is 11.5. The highest BCUT2D eigenvalue weighted by atomic mass is 16.4. The van der Waals surface area contributed by atoms with E-state index < -0.39 is 11.9 Å². The van der Waals surface area contributed by atoms with Gasteiger partial charge >= 0.3 is 5.97 Å². The molecule has 106 valence electrons. The third-order valence-electron chi connectivity index (χ3n) is 4.17. The Bertz CT molecular complexity index is 382. The van der Waals surface area contributed by atoms with Crippen LogP contribution in [0.3, 0.4) is 0 Å². The number of carbonyl (C=O) groups is 3.